The third-order valence-corrected chi connectivity index (χ3v) is 3.48. The molecule has 1 unspecified atom stereocenters. The quantitative estimate of drug-likeness (QED) is 0.720. The first-order valence-electron chi connectivity index (χ1n) is 7.61. The predicted octanol–water partition coefficient (Wildman–Crippen LogP) is 3.85. The minimum atomic E-state index is 0.0246. The van der Waals surface area contributed by atoms with Gasteiger partial charge in [-0.3, -0.25) is 4.98 Å². The zero-order valence-electron chi connectivity index (χ0n) is 12.8. The first-order valence-corrected chi connectivity index (χ1v) is 7.61. The molecule has 0 fully saturated rings. The lowest BCUT2D eigenvalue weighted by atomic mass is 10.1. The summed E-state index contributed by atoms with van der Waals surface area (Å²) in [5, 5.41) is 3.38. The monoisotopic (exact) mass is 305 g/mol. The summed E-state index contributed by atoms with van der Waals surface area (Å²) in [4.78, 5) is 8.37. The fourth-order valence-electron chi connectivity index (χ4n) is 2.33. The standard InChI is InChI=1S/C19H19N3O/c1-3-7-16(8-4-1)14-23-15-18(17-9-5-2-6-10-17)22-19-13-20-11-12-21-19/h1-13,18H,14-15H2,(H,21,22). The molecule has 0 aliphatic carbocycles. The molecule has 0 amide bonds. The Kier molecular flexibility index (Phi) is 5.32. The van der Waals surface area contributed by atoms with Gasteiger partial charge in [0.25, 0.3) is 0 Å². The zero-order chi connectivity index (χ0) is 15.7. The van der Waals surface area contributed by atoms with E-state index in [9.17, 15) is 0 Å². The molecule has 4 heteroatoms. The minimum Gasteiger partial charge on any atom is -0.374 e. The van der Waals surface area contributed by atoms with E-state index in [0.29, 0.717) is 13.2 Å². The van der Waals surface area contributed by atoms with E-state index in [2.05, 4.69) is 39.6 Å². The Bertz CT molecular complexity index is 690. The second-order valence-electron chi connectivity index (χ2n) is 5.20. The van der Waals surface area contributed by atoms with Crippen molar-refractivity contribution < 1.29 is 4.74 Å². The van der Waals surface area contributed by atoms with Crippen LogP contribution in [-0.2, 0) is 11.3 Å². The zero-order valence-corrected chi connectivity index (χ0v) is 12.8. The lowest BCUT2D eigenvalue weighted by Gasteiger charge is -2.19. The maximum Gasteiger partial charge on any atom is 0.145 e. The average molecular weight is 305 g/mol. The van der Waals surface area contributed by atoms with Crippen LogP contribution in [0.4, 0.5) is 5.82 Å². The number of nitrogens with one attached hydrogen (secondary N) is 1. The smallest absolute Gasteiger partial charge is 0.145 e. The number of hydrogen-bond acceptors (Lipinski definition) is 4. The van der Waals surface area contributed by atoms with Crippen LogP contribution in [0.2, 0.25) is 0 Å². The minimum absolute atomic E-state index is 0.0246. The summed E-state index contributed by atoms with van der Waals surface area (Å²) >= 11 is 0. The topological polar surface area (TPSA) is 47.0 Å². The molecule has 0 radical (unpaired) electrons. The maximum absolute atomic E-state index is 5.90. The van der Waals surface area contributed by atoms with E-state index in [1.165, 1.54) is 5.56 Å². The fraction of sp³-hybridized carbons (Fsp3) is 0.158. The molecule has 0 aliphatic rings. The molecule has 116 valence electrons. The van der Waals surface area contributed by atoms with E-state index in [4.69, 9.17) is 4.74 Å². The number of benzene rings is 2. The molecule has 4 nitrogen and oxygen atoms in total. The van der Waals surface area contributed by atoms with Crippen LogP contribution >= 0.6 is 0 Å². The highest BCUT2D eigenvalue weighted by atomic mass is 16.5. The lowest BCUT2D eigenvalue weighted by Crippen LogP contribution is -2.18. The van der Waals surface area contributed by atoms with Gasteiger partial charge in [0, 0.05) is 12.4 Å². The van der Waals surface area contributed by atoms with Crippen LogP contribution in [0.5, 0.6) is 0 Å². The van der Waals surface area contributed by atoms with Gasteiger partial charge in [-0.05, 0) is 11.1 Å². The Morgan fingerprint density at radius 3 is 2.35 bits per heavy atom. The number of hydrogen-bond donors (Lipinski definition) is 1. The molecule has 0 saturated heterocycles. The van der Waals surface area contributed by atoms with Crippen molar-refractivity contribution in [3.05, 3.63) is 90.4 Å². The Hall–Kier alpha value is -2.72. The van der Waals surface area contributed by atoms with E-state index in [1.54, 1.807) is 18.6 Å². The highest BCUT2D eigenvalue weighted by molar-refractivity contribution is 5.35. The Morgan fingerprint density at radius 2 is 1.65 bits per heavy atom. The van der Waals surface area contributed by atoms with Crippen molar-refractivity contribution in [3.63, 3.8) is 0 Å². The SMILES string of the molecule is c1ccc(COCC(Nc2cnccn2)c2ccccc2)cc1. The molecule has 2 aromatic carbocycles. The predicted molar refractivity (Wildman–Crippen MR) is 90.9 cm³/mol. The second-order valence-corrected chi connectivity index (χ2v) is 5.20. The summed E-state index contributed by atoms with van der Waals surface area (Å²) in [7, 11) is 0. The molecule has 3 aromatic rings. The van der Waals surface area contributed by atoms with Gasteiger partial charge in [-0.2, -0.15) is 0 Å². The van der Waals surface area contributed by atoms with Crippen molar-refractivity contribution in [1.29, 1.82) is 0 Å². The lowest BCUT2D eigenvalue weighted by molar-refractivity contribution is 0.112. The molecule has 0 aliphatic heterocycles. The van der Waals surface area contributed by atoms with Gasteiger partial charge >= 0.3 is 0 Å². The van der Waals surface area contributed by atoms with E-state index in [1.807, 2.05) is 36.4 Å². The summed E-state index contributed by atoms with van der Waals surface area (Å²) < 4.78 is 5.90. The van der Waals surface area contributed by atoms with E-state index >= 15 is 0 Å². The number of anilines is 1. The molecule has 1 aromatic heterocycles. The Morgan fingerprint density at radius 1 is 0.913 bits per heavy atom. The summed E-state index contributed by atoms with van der Waals surface area (Å²) in [6.45, 7) is 1.14. The molecule has 23 heavy (non-hydrogen) atoms. The van der Waals surface area contributed by atoms with E-state index in [0.717, 1.165) is 11.4 Å². The van der Waals surface area contributed by atoms with E-state index < -0.39 is 0 Å². The molecule has 3 rings (SSSR count). The Labute approximate surface area is 136 Å². The molecule has 1 heterocycles. The third-order valence-electron chi connectivity index (χ3n) is 3.48. The van der Waals surface area contributed by atoms with Crippen LogP contribution in [0, 0.1) is 0 Å². The van der Waals surface area contributed by atoms with E-state index in [-0.39, 0.29) is 6.04 Å². The van der Waals surface area contributed by atoms with Crippen molar-refractivity contribution in [3.8, 4) is 0 Å². The normalized spacial score (nSPS) is 11.8. The number of ether oxygens (including phenoxy) is 1. The number of nitrogens with zero attached hydrogens (tertiary/aromatic N) is 2. The van der Waals surface area contributed by atoms with Gasteiger partial charge in [0.1, 0.15) is 5.82 Å². The molecule has 1 N–H and O–H groups in total. The van der Waals surface area contributed by atoms with Gasteiger partial charge in [0.2, 0.25) is 0 Å². The first kappa shape index (κ1) is 15.2. The van der Waals surface area contributed by atoms with Crippen molar-refractivity contribution in [1.82, 2.24) is 9.97 Å². The van der Waals surface area contributed by atoms with Crippen LogP contribution in [0.1, 0.15) is 17.2 Å². The maximum atomic E-state index is 5.90. The van der Waals surface area contributed by atoms with Crippen LogP contribution < -0.4 is 5.32 Å². The van der Waals surface area contributed by atoms with Crippen LogP contribution in [0.3, 0.4) is 0 Å². The first-order chi connectivity index (χ1) is 11.4. The summed E-state index contributed by atoms with van der Waals surface area (Å²) in [5.41, 5.74) is 2.32. The molecule has 0 saturated carbocycles. The second kappa shape index (κ2) is 8.06. The molecular formula is C19H19N3O. The van der Waals surface area contributed by atoms with Crippen molar-refractivity contribution in [2.75, 3.05) is 11.9 Å². The van der Waals surface area contributed by atoms with Gasteiger partial charge < -0.3 is 10.1 Å². The van der Waals surface area contributed by atoms with Crippen LogP contribution in [0.15, 0.2) is 79.3 Å². The fourth-order valence-corrected chi connectivity index (χ4v) is 2.33. The van der Waals surface area contributed by atoms with Gasteiger partial charge in [0.15, 0.2) is 0 Å². The highest BCUT2D eigenvalue weighted by Gasteiger charge is 2.12. The molecule has 0 spiro atoms. The van der Waals surface area contributed by atoms with Gasteiger partial charge in [-0.25, -0.2) is 4.98 Å². The number of aromatic nitrogens is 2. The van der Waals surface area contributed by atoms with Gasteiger partial charge in [0.05, 0.1) is 25.5 Å². The van der Waals surface area contributed by atoms with Crippen LogP contribution in [0.25, 0.3) is 0 Å². The van der Waals surface area contributed by atoms with Gasteiger partial charge in [-0.1, -0.05) is 60.7 Å². The molecular weight excluding hydrogens is 286 g/mol. The highest BCUT2D eigenvalue weighted by Crippen LogP contribution is 2.18. The largest absolute Gasteiger partial charge is 0.374 e. The average Bonchev–Trinajstić information content (AvgIpc) is 2.63. The summed E-state index contributed by atoms with van der Waals surface area (Å²) in [6, 6.07) is 20.4. The van der Waals surface area contributed by atoms with Crippen LogP contribution in [-0.4, -0.2) is 16.6 Å². The molecule has 1 atom stereocenters. The van der Waals surface area contributed by atoms with Crippen molar-refractivity contribution >= 4 is 5.82 Å². The summed E-state index contributed by atoms with van der Waals surface area (Å²) in [6.07, 6.45) is 5.05. The Balaban J connectivity index is 1.65. The van der Waals surface area contributed by atoms with Crippen molar-refractivity contribution in [2.24, 2.45) is 0 Å². The van der Waals surface area contributed by atoms with Gasteiger partial charge in [-0.15, -0.1) is 0 Å². The number of rotatable bonds is 7. The third kappa shape index (κ3) is 4.63. The van der Waals surface area contributed by atoms with Crippen molar-refractivity contribution in [2.45, 2.75) is 12.6 Å². The molecule has 0 bridgehead atoms. The summed E-state index contributed by atoms with van der Waals surface area (Å²) in [5.74, 6) is 0.740.